The van der Waals surface area contributed by atoms with E-state index in [1.165, 1.54) is 6.92 Å². The normalized spacial score (nSPS) is 12.7. The maximum Gasteiger partial charge on any atom is 0.344 e. The van der Waals surface area contributed by atoms with E-state index in [9.17, 15) is 14.4 Å². The number of aryl methyl sites for hydroxylation is 1. The summed E-state index contributed by atoms with van der Waals surface area (Å²) >= 11 is 0. The average molecular weight is 489 g/mol. The molecular weight excluding hydrogens is 452 g/mol. The summed E-state index contributed by atoms with van der Waals surface area (Å²) < 4.78 is 7.25. The van der Waals surface area contributed by atoms with Crippen LogP contribution in [0, 0.1) is 5.92 Å². The first-order valence-corrected chi connectivity index (χ1v) is 11.9. The number of carboxylic acid groups (broad SMARTS) is 1. The highest BCUT2D eigenvalue weighted by Gasteiger charge is 2.22. The zero-order valence-electron chi connectivity index (χ0n) is 20.8. The number of benzene rings is 1. The number of carbonyl (C=O) groups excluding carboxylic acids is 2. The van der Waals surface area contributed by atoms with Crippen molar-refractivity contribution in [3.05, 3.63) is 47.5 Å². The number of hydrogen-bond acceptors (Lipinski definition) is 6. The minimum absolute atomic E-state index is 0.0342. The van der Waals surface area contributed by atoms with Crippen molar-refractivity contribution in [2.75, 3.05) is 0 Å². The van der Waals surface area contributed by atoms with Crippen LogP contribution in [0.15, 0.2) is 30.5 Å². The molecule has 0 bridgehead atoms. The summed E-state index contributed by atoms with van der Waals surface area (Å²) in [5, 5.41) is 20.8. The molecule has 0 aliphatic heterocycles. The van der Waals surface area contributed by atoms with Crippen molar-refractivity contribution < 1.29 is 29.4 Å². The summed E-state index contributed by atoms with van der Waals surface area (Å²) in [6.07, 6.45) is 3.74. The van der Waals surface area contributed by atoms with Gasteiger partial charge >= 0.3 is 5.97 Å². The zero-order valence-corrected chi connectivity index (χ0v) is 20.8. The lowest BCUT2D eigenvalue weighted by Gasteiger charge is -2.20. The van der Waals surface area contributed by atoms with Crippen molar-refractivity contribution >= 4 is 17.8 Å². The topological polar surface area (TPSA) is 143 Å². The number of rotatable bonds is 14. The van der Waals surface area contributed by atoms with Gasteiger partial charge in [-0.1, -0.05) is 39.3 Å². The van der Waals surface area contributed by atoms with Gasteiger partial charge < -0.3 is 19.7 Å². The maximum absolute atomic E-state index is 13.2. The lowest BCUT2D eigenvalue weighted by atomic mass is 10.0. The third-order valence-corrected chi connectivity index (χ3v) is 5.50. The highest BCUT2D eigenvalue weighted by Crippen LogP contribution is 2.18. The molecule has 10 nitrogen and oxygen atoms in total. The van der Waals surface area contributed by atoms with Crippen LogP contribution in [-0.2, 0) is 22.6 Å². The molecule has 0 aliphatic carbocycles. The van der Waals surface area contributed by atoms with Crippen LogP contribution in [0.3, 0.4) is 0 Å². The van der Waals surface area contributed by atoms with Crippen LogP contribution in [0.1, 0.15) is 75.3 Å². The van der Waals surface area contributed by atoms with E-state index < -0.39 is 24.0 Å². The minimum Gasteiger partial charge on any atom is -0.479 e. The van der Waals surface area contributed by atoms with Crippen LogP contribution >= 0.6 is 0 Å². The van der Waals surface area contributed by atoms with Gasteiger partial charge in [0.1, 0.15) is 17.3 Å². The monoisotopic (exact) mass is 488 g/mol. The predicted molar refractivity (Wildman–Crippen MR) is 129 cm³/mol. The van der Waals surface area contributed by atoms with Gasteiger partial charge in [0.2, 0.25) is 5.91 Å². The molecule has 0 saturated carbocycles. The number of amides is 2. The summed E-state index contributed by atoms with van der Waals surface area (Å²) in [5.74, 6) is -0.487. The van der Waals surface area contributed by atoms with E-state index in [-0.39, 0.29) is 18.2 Å². The predicted octanol–water partition coefficient (Wildman–Crippen LogP) is 3.17. The van der Waals surface area contributed by atoms with Crippen LogP contribution in [0.4, 0.5) is 0 Å². The molecular formula is C25H36N4O6. The van der Waals surface area contributed by atoms with Gasteiger partial charge in [-0.2, -0.15) is 0 Å². The molecule has 2 aromatic rings. The molecule has 1 aromatic carbocycles. The molecule has 2 atom stereocenters. The van der Waals surface area contributed by atoms with Crippen molar-refractivity contribution in [1.82, 2.24) is 20.3 Å². The molecule has 0 fully saturated rings. The minimum atomic E-state index is -1.05. The second-order valence-corrected chi connectivity index (χ2v) is 9.03. The van der Waals surface area contributed by atoms with Crippen molar-refractivity contribution in [3.8, 4) is 5.75 Å². The van der Waals surface area contributed by atoms with Gasteiger partial charge in [-0.05, 0) is 43.4 Å². The largest absolute Gasteiger partial charge is 0.479 e. The lowest BCUT2D eigenvalue weighted by Crippen LogP contribution is -2.40. The number of hydroxylamine groups is 1. The smallest absolute Gasteiger partial charge is 0.344 e. The number of nitrogens with one attached hydrogen (secondary N) is 2. The maximum atomic E-state index is 13.2. The van der Waals surface area contributed by atoms with Crippen LogP contribution in [0.25, 0.3) is 0 Å². The van der Waals surface area contributed by atoms with Gasteiger partial charge in [0.15, 0.2) is 6.10 Å². The molecule has 1 heterocycles. The van der Waals surface area contributed by atoms with E-state index in [4.69, 9.17) is 15.1 Å². The number of aromatic nitrogens is 2. The molecule has 0 spiro atoms. The Morgan fingerprint density at radius 1 is 1.14 bits per heavy atom. The number of unbranched alkanes of at least 4 members (excludes halogenated alkanes) is 1. The highest BCUT2D eigenvalue weighted by atomic mass is 16.5. The quantitative estimate of drug-likeness (QED) is 0.236. The first kappa shape index (κ1) is 27.8. The Morgan fingerprint density at radius 3 is 2.40 bits per heavy atom. The standard InChI is InChI=1S/C25H36N4O6/c1-5-6-7-22-26-14-21(24(31)27-19(12-16(2)3)13-23(30)28-34)29(22)15-18-8-10-20(11-9-18)35-17(4)25(32)33/h8-11,14,16-17,19,34H,5-7,12-13,15H2,1-4H3,(H,27,31)(H,28,30)(H,32,33). The van der Waals surface area contributed by atoms with E-state index >= 15 is 0 Å². The fraction of sp³-hybridized carbons (Fsp3) is 0.520. The highest BCUT2D eigenvalue weighted by molar-refractivity contribution is 5.93. The number of aliphatic carboxylic acids is 1. The molecule has 192 valence electrons. The van der Waals surface area contributed by atoms with E-state index in [2.05, 4.69) is 17.2 Å². The van der Waals surface area contributed by atoms with Gasteiger partial charge in [-0.25, -0.2) is 15.3 Å². The number of carboxylic acids is 1. The summed E-state index contributed by atoms with van der Waals surface area (Å²) in [4.78, 5) is 40.4. The lowest BCUT2D eigenvalue weighted by molar-refractivity contribution is -0.144. The average Bonchev–Trinajstić information content (AvgIpc) is 3.20. The molecule has 35 heavy (non-hydrogen) atoms. The van der Waals surface area contributed by atoms with Gasteiger partial charge in [-0.15, -0.1) is 0 Å². The van der Waals surface area contributed by atoms with E-state index in [0.717, 1.165) is 24.2 Å². The fourth-order valence-corrected chi connectivity index (χ4v) is 3.71. The van der Waals surface area contributed by atoms with E-state index in [1.807, 2.05) is 30.5 Å². The van der Waals surface area contributed by atoms with Gasteiger partial charge in [-0.3, -0.25) is 14.8 Å². The van der Waals surface area contributed by atoms with Crippen LogP contribution in [0.2, 0.25) is 0 Å². The number of ether oxygens (including phenoxy) is 1. The fourth-order valence-electron chi connectivity index (χ4n) is 3.71. The molecule has 4 N–H and O–H groups in total. The molecule has 10 heteroatoms. The first-order valence-electron chi connectivity index (χ1n) is 11.9. The number of imidazole rings is 1. The zero-order chi connectivity index (χ0) is 26.0. The van der Waals surface area contributed by atoms with Crippen molar-refractivity contribution in [3.63, 3.8) is 0 Å². The summed E-state index contributed by atoms with van der Waals surface area (Å²) in [6, 6.07) is 6.60. The Balaban J connectivity index is 2.25. The number of hydrogen-bond donors (Lipinski definition) is 4. The van der Waals surface area contributed by atoms with E-state index in [0.29, 0.717) is 30.8 Å². The Labute approximate surface area is 205 Å². The Bertz CT molecular complexity index is 986. The molecule has 0 saturated heterocycles. The summed E-state index contributed by atoms with van der Waals surface area (Å²) in [7, 11) is 0. The molecule has 2 rings (SSSR count). The number of nitrogens with zero attached hydrogens (tertiary/aromatic N) is 2. The molecule has 2 unspecified atom stereocenters. The molecule has 0 radical (unpaired) electrons. The second kappa shape index (κ2) is 13.5. The van der Waals surface area contributed by atoms with Crippen molar-refractivity contribution in [2.45, 2.75) is 78.5 Å². The van der Waals surface area contributed by atoms with Crippen LogP contribution in [0.5, 0.6) is 5.75 Å². The van der Waals surface area contributed by atoms with Gasteiger partial charge in [0.25, 0.3) is 5.91 Å². The van der Waals surface area contributed by atoms with Crippen molar-refractivity contribution in [1.29, 1.82) is 0 Å². The molecule has 2 amide bonds. The van der Waals surface area contributed by atoms with E-state index in [1.54, 1.807) is 23.8 Å². The van der Waals surface area contributed by atoms with Crippen LogP contribution < -0.4 is 15.5 Å². The molecule has 1 aromatic heterocycles. The Kier molecular flexibility index (Phi) is 10.7. The van der Waals surface area contributed by atoms with Gasteiger partial charge in [0.05, 0.1) is 6.20 Å². The third-order valence-electron chi connectivity index (χ3n) is 5.50. The van der Waals surface area contributed by atoms with Crippen molar-refractivity contribution in [2.24, 2.45) is 5.92 Å². The third kappa shape index (κ3) is 8.71. The SMILES string of the molecule is CCCCc1ncc(C(=O)NC(CC(=O)NO)CC(C)C)n1Cc1ccc(OC(C)C(=O)O)cc1. The number of carbonyl (C=O) groups is 3. The molecule has 0 aliphatic rings. The summed E-state index contributed by atoms with van der Waals surface area (Å²) in [6.45, 7) is 7.92. The van der Waals surface area contributed by atoms with Gasteiger partial charge in [0, 0.05) is 25.4 Å². The summed E-state index contributed by atoms with van der Waals surface area (Å²) in [5.41, 5.74) is 2.90. The Morgan fingerprint density at radius 2 is 1.83 bits per heavy atom. The van der Waals surface area contributed by atoms with Crippen LogP contribution in [-0.4, -0.2) is 49.8 Å². The Hall–Kier alpha value is -3.40. The first-order chi connectivity index (χ1) is 16.6. The second-order valence-electron chi connectivity index (χ2n) is 9.03.